The second kappa shape index (κ2) is 3.78. The smallest absolute Gasteiger partial charge is 0.368 e. The van der Waals surface area contributed by atoms with Crippen LogP contribution in [0.4, 0.5) is 0 Å². The standard InChI is InChI=1S/C3H7N5O3S/c1-6-2(4)7-3(5)8-12(9,10)11/h1H2,(H,9,10,11)(H4,4,5,7,8). The Morgan fingerprint density at radius 3 is 2.17 bits per heavy atom. The maximum absolute atomic E-state index is 10.0. The molecule has 0 saturated carbocycles. The minimum atomic E-state index is -4.54. The number of guanidine groups is 2. The molecule has 9 heteroatoms. The Bertz CT molecular complexity index is 328. The van der Waals surface area contributed by atoms with Crippen molar-refractivity contribution in [1.29, 1.82) is 0 Å². The van der Waals surface area contributed by atoms with Crippen LogP contribution in [0, 0.1) is 0 Å². The molecular weight excluding hydrogens is 186 g/mol. The Labute approximate surface area is 68.6 Å². The summed E-state index contributed by atoms with van der Waals surface area (Å²) in [6.07, 6.45) is 0. The first kappa shape index (κ1) is 10.5. The Morgan fingerprint density at radius 2 is 1.83 bits per heavy atom. The van der Waals surface area contributed by atoms with Crippen molar-refractivity contribution in [3.8, 4) is 0 Å². The van der Waals surface area contributed by atoms with Gasteiger partial charge in [0, 0.05) is 0 Å². The molecule has 0 fully saturated rings. The van der Waals surface area contributed by atoms with Gasteiger partial charge in [-0.3, -0.25) is 4.55 Å². The van der Waals surface area contributed by atoms with Gasteiger partial charge in [-0.2, -0.15) is 13.4 Å². The van der Waals surface area contributed by atoms with Crippen molar-refractivity contribution in [1.82, 2.24) is 0 Å². The number of nitrogens with two attached hydrogens (primary N) is 2. The van der Waals surface area contributed by atoms with E-state index in [1.807, 2.05) is 0 Å². The van der Waals surface area contributed by atoms with Crippen LogP contribution in [0.2, 0.25) is 0 Å². The van der Waals surface area contributed by atoms with E-state index in [0.29, 0.717) is 0 Å². The zero-order chi connectivity index (χ0) is 9.78. The number of nitrogens with zero attached hydrogens (tertiary/aromatic N) is 3. The molecule has 0 aromatic rings. The van der Waals surface area contributed by atoms with Crippen molar-refractivity contribution < 1.29 is 13.0 Å². The van der Waals surface area contributed by atoms with Crippen molar-refractivity contribution in [2.24, 2.45) is 25.8 Å². The van der Waals surface area contributed by atoms with Gasteiger partial charge in [0.05, 0.1) is 0 Å². The molecule has 5 N–H and O–H groups in total. The lowest BCUT2D eigenvalue weighted by Crippen LogP contribution is -2.17. The van der Waals surface area contributed by atoms with Crippen LogP contribution in [-0.2, 0) is 10.3 Å². The van der Waals surface area contributed by atoms with Gasteiger partial charge in [-0.25, -0.2) is 4.99 Å². The van der Waals surface area contributed by atoms with Gasteiger partial charge >= 0.3 is 10.3 Å². The summed E-state index contributed by atoms with van der Waals surface area (Å²) in [6, 6.07) is 0. The highest BCUT2D eigenvalue weighted by Gasteiger charge is 2.00. The Hall–Kier alpha value is -1.48. The second-order valence-electron chi connectivity index (χ2n) is 1.53. The topological polar surface area (TPSA) is 143 Å². The Kier molecular flexibility index (Phi) is 3.31. The minimum absolute atomic E-state index is 0.347. The Morgan fingerprint density at radius 1 is 1.33 bits per heavy atom. The van der Waals surface area contributed by atoms with E-state index in [9.17, 15) is 8.42 Å². The molecule has 0 aromatic heterocycles. The largest absolute Gasteiger partial charge is 0.381 e. The Balaban J connectivity index is 4.75. The normalized spacial score (nSPS) is 14.4. The molecule has 0 atom stereocenters. The summed E-state index contributed by atoms with van der Waals surface area (Å²) >= 11 is 0. The molecule has 0 saturated heterocycles. The summed E-state index contributed by atoms with van der Waals surface area (Å²) in [5.41, 5.74) is 9.87. The maximum Gasteiger partial charge on any atom is 0.381 e. The first-order valence-electron chi connectivity index (χ1n) is 2.49. The number of aliphatic imine (C=N–C) groups is 2. The zero-order valence-corrected chi connectivity index (χ0v) is 6.69. The van der Waals surface area contributed by atoms with Crippen molar-refractivity contribution in [2.45, 2.75) is 0 Å². The van der Waals surface area contributed by atoms with Gasteiger partial charge in [-0.1, -0.05) is 0 Å². The second-order valence-corrected chi connectivity index (χ2v) is 2.60. The fraction of sp³-hybridized carbons (Fsp3) is 0. The average Bonchev–Trinajstić information content (AvgIpc) is 1.82. The van der Waals surface area contributed by atoms with Crippen LogP contribution in [0.1, 0.15) is 0 Å². The molecule has 68 valence electrons. The predicted octanol–water partition coefficient (Wildman–Crippen LogP) is -1.88. The van der Waals surface area contributed by atoms with Crippen molar-refractivity contribution in [3.05, 3.63) is 0 Å². The van der Waals surface area contributed by atoms with E-state index >= 15 is 0 Å². The SMILES string of the molecule is C=N/C(N)=N/C(N)=N/S(=O)(=O)O. The first-order valence-corrected chi connectivity index (χ1v) is 3.88. The van der Waals surface area contributed by atoms with Crippen LogP contribution >= 0.6 is 0 Å². The van der Waals surface area contributed by atoms with E-state index in [4.69, 9.17) is 16.0 Å². The van der Waals surface area contributed by atoms with E-state index in [0.717, 1.165) is 0 Å². The molecule has 0 rings (SSSR count). The summed E-state index contributed by atoms with van der Waals surface area (Å²) < 4.78 is 30.8. The third-order valence-corrected chi connectivity index (χ3v) is 1.02. The monoisotopic (exact) mass is 193 g/mol. The van der Waals surface area contributed by atoms with Crippen LogP contribution < -0.4 is 11.5 Å². The van der Waals surface area contributed by atoms with Gasteiger partial charge in [-0.05, 0) is 6.72 Å². The molecule has 0 spiro atoms. The molecule has 0 aliphatic rings. The average molecular weight is 193 g/mol. The predicted molar refractivity (Wildman–Crippen MR) is 44.3 cm³/mol. The lowest BCUT2D eigenvalue weighted by atomic mass is 10.9. The molecule has 0 aromatic carbocycles. The molecule has 0 radical (unpaired) electrons. The zero-order valence-electron chi connectivity index (χ0n) is 5.88. The minimum Gasteiger partial charge on any atom is -0.368 e. The summed E-state index contributed by atoms with van der Waals surface area (Å²) in [6.45, 7) is 2.98. The van der Waals surface area contributed by atoms with Crippen LogP contribution in [0.15, 0.2) is 14.4 Å². The molecule has 12 heavy (non-hydrogen) atoms. The van der Waals surface area contributed by atoms with Crippen molar-refractivity contribution >= 4 is 28.9 Å². The van der Waals surface area contributed by atoms with Gasteiger partial charge in [0.25, 0.3) is 0 Å². The fourth-order valence-electron chi connectivity index (χ4n) is 0.291. The van der Waals surface area contributed by atoms with Gasteiger partial charge < -0.3 is 11.5 Å². The highest BCUT2D eigenvalue weighted by atomic mass is 32.2. The highest BCUT2D eigenvalue weighted by Crippen LogP contribution is 1.84. The quantitative estimate of drug-likeness (QED) is 0.253. The van der Waals surface area contributed by atoms with Gasteiger partial charge in [0.1, 0.15) is 0 Å². The van der Waals surface area contributed by atoms with E-state index in [1.165, 1.54) is 0 Å². The van der Waals surface area contributed by atoms with E-state index in [1.54, 1.807) is 0 Å². The van der Waals surface area contributed by atoms with E-state index in [2.05, 4.69) is 21.1 Å². The van der Waals surface area contributed by atoms with Crippen LogP contribution in [-0.4, -0.2) is 31.6 Å². The van der Waals surface area contributed by atoms with Crippen LogP contribution in [0.3, 0.4) is 0 Å². The lowest BCUT2D eigenvalue weighted by molar-refractivity contribution is 0.485. The first-order chi connectivity index (χ1) is 5.35. The number of hydrogen-bond acceptors (Lipinski definition) is 2. The summed E-state index contributed by atoms with van der Waals surface area (Å²) in [5.74, 6) is -1.07. The summed E-state index contributed by atoms with van der Waals surface area (Å²) in [5, 5.41) is 0. The third kappa shape index (κ3) is 5.32. The molecule has 0 aliphatic heterocycles. The molecule has 0 heterocycles. The molecule has 8 nitrogen and oxygen atoms in total. The molecule has 0 bridgehead atoms. The molecular formula is C3H7N5O3S. The van der Waals surface area contributed by atoms with E-state index in [-0.39, 0.29) is 5.96 Å². The number of hydrogen-bond donors (Lipinski definition) is 3. The van der Waals surface area contributed by atoms with Crippen molar-refractivity contribution in [3.63, 3.8) is 0 Å². The molecule has 0 unspecified atom stereocenters. The van der Waals surface area contributed by atoms with Gasteiger partial charge in [0.15, 0.2) is 0 Å². The van der Waals surface area contributed by atoms with Gasteiger partial charge in [-0.15, -0.1) is 4.40 Å². The van der Waals surface area contributed by atoms with Crippen LogP contribution in [0.5, 0.6) is 0 Å². The molecule has 0 aliphatic carbocycles. The molecule has 0 amide bonds. The number of rotatable bonds is 1. The highest BCUT2D eigenvalue weighted by molar-refractivity contribution is 7.84. The summed E-state index contributed by atoms with van der Waals surface area (Å²) in [4.78, 5) is 6.23. The maximum atomic E-state index is 10.0. The third-order valence-electron chi connectivity index (χ3n) is 0.600. The van der Waals surface area contributed by atoms with Crippen LogP contribution in [0.25, 0.3) is 0 Å². The lowest BCUT2D eigenvalue weighted by Gasteiger charge is -1.90. The fourth-order valence-corrected chi connectivity index (χ4v) is 0.569. The van der Waals surface area contributed by atoms with Gasteiger partial charge in [0.2, 0.25) is 11.9 Å². The van der Waals surface area contributed by atoms with E-state index < -0.39 is 16.3 Å². The summed E-state index contributed by atoms with van der Waals surface area (Å²) in [7, 11) is -4.54. The van der Waals surface area contributed by atoms with Crippen molar-refractivity contribution in [2.75, 3.05) is 0 Å².